The molecular formula is C22H22N4O2. The number of anilines is 2. The zero-order chi connectivity index (χ0) is 20.3. The maximum Gasteiger partial charge on any atom is 0.255 e. The number of carbonyl (C=O) groups is 1. The van der Waals surface area contributed by atoms with Crippen LogP contribution in [0, 0.1) is 11.3 Å². The second kappa shape index (κ2) is 7.89. The Bertz CT molecular complexity index is 983. The van der Waals surface area contributed by atoms with Crippen LogP contribution in [0.3, 0.4) is 0 Å². The van der Waals surface area contributed by atoms with Gasteiger partial charge >= 0.3 is 0 Å². The number of benzene rings is 2. The lowest BCUT2D eigenvalue weighted by atomic mass is 9.82. The molecule has 6 heteroatoms. The van der Waals surface area contributed by atoms with Gasteiger partial charge in [0.2, 0.25) is 5.88 Å². The van der Waals surface area contributed by atoms with Crippen LogP contribution in [-0.4, -0.2) is 20.0 Å². The van der Waals surface area contributed by atoms with Crippen molar-refractivity contribution in [3.05, 3.63) is 82.9 Å². The molecule has 0 saturated carbocycles. The molecule has 0 radical (unpaired) electrons. The van der Waals surface area contributed by atoms with Gasteiger partial charge in [0.15, 0.2) is 0 Å². The molecule has 1 aliphatic heterocycles. The molecule has 3 N–H and O–H groups in total. The summed E-state index contributed by atoms with van der Waals surface area (Å²) in [6, 6.07) is 18.9. The predicted molar refractivity (Wildman–Crippen MR) is 109 cm³/mol. The van der Waals surface area contributed by atoms with E-state index in [1.54, 1.807) is 19.1 Å². The number of allylic oxidation sites excluding steroid dienone is 2. The molecule has 2 aromatic carbocycles. The first kappa shape index (κ1) is 19.1. The van der Waals surface area contributed by atoms with Crippen molar-refractivity contribution >= 4 is 17.3 Å². The van der Waals surface area contributed by atoms with E-state index in [0.717, 1.165) is 11.3 Å². The van der Waals surface area contributed by atoms with E-state index in [-0.39, 0.29) is 17.4 Å². The van der Waals surface area contributed by atoms with Crippen LogP contribution in [0.15, 0.2) is 77.4 Å². The van der Waals surface area contributed by atoms with Gasteiger partial charge in [-0.3, -0.25) is 4.79 Å². The Morgan fingerprint density at radius 2 is 1.79 bits per heavy atom. The molecule has 28 heavy (non-hydrogen) atoms. The molecule has 1 atom stereocenters. The van der Waals surface area contributed by atoms with Crippen LogP contribution < -0.4 is 16.0 Å². The monoisotopic (exact) mass is 374 g/mol. The molecule has 0 aromatic heterocycles. The lowest BCUT2D eigenvalue weighted by molar-refractivity contribution is -0.113. The highest BCUT2D eigenvalue weighted by atomic mass is 16.5. The number of ether oxygens (including phenoxy) is 1. The minimum absolute atomic E-state index is 0.0259. The number of para-hydroxylation sites is 1. The number of carbonyl (C=O) groups excluding carboxylic acids is 1. The van der Waals surface area contributed by atoms with Crippen molar-refractivity contribution in [2.24, 2.45) is 5.73 Å². The third-order valence-electron chi connectivity index (χ3n) is 4.62. The quantitative estimate of drug-likeness (QED) is 0.855. The van der Waals surface area contributed by atoms with Gasteiger partial charge in [0.25, 0.3) is 5.91 Å². The molecule has 6 nitrogen and oxygen atoms in total. The Hall–Kier alpha value is -3.72. The van der Waals surface area contributed by atoms with Crippen molar-refractivity contribution in [2.75, 3.05) is 24.3 Å². The SMILES string of the molecule is CC1=C(C(=O)Nc2ccccc2)[C@@H](c2ccc(N(C)C)cc2)C(C#N)=C(N)O1. The van der Waals surface area contributed by atoms with Crippen molar-refractivity contribution < 1.29 is 9.53 Å². The van der Waals surface area contributed by atoms with Crippen molar-refractivity contribution in [1.82, 2.24) is 0 Å². The highest BCUT2D eigenvalue weighted by Crippen LogP contribution is 2.39. The molecule has 1 aliphatic rings. The zero-order valence-corrected chi connectivity index (χ0v) is 16.1. The maximum atomic E-state index is 13.1. The van der Waals surface area contributed by atoms with E-state index in [0.29, 0.717) is 17.0 Å². The van der Waals surface area contributed by atoms with Crippen molar-refractivity contribution in [3.8, 4) is 6.07 Å². The average molecular weight is 374 g/mol. The molecule has 1 amide bonds. The average Bonchev–Trinajstić information content (AvgIpc) is 2.68. The third kappa shape index (κ3) is 3.69. The van der Waals surface area contributed by atoms with Crippen LogP contribution in [0.4, 0.5) is 11.4 Å². The molecule has 0 unspecified atom stereocenters. The third-order valence-corrected chi connectivity index (χ3v) is 4.62. The van der Waals surface area contributed by atoms with Gasteiger partial charge in [0.1, 0.15) is 17.4 Å². The van der Waals surface area contributed by atoms with Gasteiger partial charge in [0.05, 0.1) is 11.5 Å². The van der Waals surface area contributed by atoms with E-state index in [1.165, 1.54) is 0 Å². The van der Waals surface area contributed by atoms with Crippen LogP contribution in [-0.2, 0) is 9.53 Å². The van der Waals surface area contributed by atoms with Gasteiger partial charge in [-0.2, -0.15) is 5.26 Å². The number of nitrogens with one attached hydrogen (secondary N) is 1. The molecule has 0 saturated heterocycles. The molecule has 0 bridgehead atoms. The van der Waals surface area contributed by atoms with Crippen LogP contribution in [0.1, 0.15) is 18.4 Å². The highest BCUT2D eigenvalue weighted by molar-refractivity contribution is 6.06. The Morgan fingerprint density at radius 3 is 2.36 bits per heavy atom. The van der Waals surface area contributed by atoms with Crippen LogP contribution in [0.2, 0.25) is 0 Å². The number of nitriles is 1. The summed E-state index contributed by atoms with van der Waals surface area (Å²) >= 11 is 0. The molecule has 1 heterocycles. The van der Waals surface area contributed by atoms with Crippen LogP contribution in [0.25, 0.3) is 0 Å². The first-order chi connectivity index (χ1) is 13.4. The Kier molecular flexibility index (Phi) is 5.37. The summed E-state index contributed by atoms with van der Waals surface area (Å²) < 4.78 is 5.52. The summed E-state index contributed by atoms with van der Waals surface area (Å²) in [6.07, 6.45) is 0. The number of amides is 1. The topological polar surface area (TPSA) is 91.4 Å². The van der Waals surface area contributed by atoms with E-state index in [2.05, 4.69) is 11.4 Å². The van der Waals surface area contributed by atoms with Crippen LogP contribution >= 0.6 is 0 Å². The Balaban J connectivity index is 2.04. The molecule has 142 valence electrons. The summed E-state index contributed by atoms with van der Waals surface area (Å²) in [5.41, 5.74) is 9.03. The van der Waals surface area contributed by atoms with Crippen molar-refractivity contribution in [3.63, 3.8) is 0 Å². The summed E-state index contributed by atoms with van der Waals surface area (Å²) in [6.45, 7) is 1.68. The Morgan fingerprint density at radius 1 is 1.14 bits per heavy atom. The largest absolute Gasteiger partial charge is 0.445 e. The second-order valence-corrected chi connectivity index (χ2v) is 6.70. The molecule has 3 rings (SSSR count). The first-order valence-corrected chi connectivity index (χ1v) is 8.84. The molecular weight excluding hydrogens is 352 g/mol. The minimum atomic E-state index is -0.598. The predicted octanol–water partition coefficient (Wildman–Crippen LogP) is 3.47. The summed E-state index contributed by atoms with van der Waals surface area (Å²) in [4.78, 5) is 15.1. The molecule has 0 spiro atoms. The number of nitrogens with zero attached hydrogens (tertiary/aromatic N) is 2. The van der Waals surface area contributed by atoms with Gasteiger partial charge in [-0.15, -0.1) is 0 Å². The number of nitrogens with two attached hydrogens (primary N) is 1. The second-order valence-electron chi connectivity index (χ2n) is 6.70. The van der Waals surface area contributed by atoms with Crippen molar-refractivity contribution in [2.45, 2.75) is 12.8 Å². The maximum absolute atomic E-state index is 13.1. The fourth-order valence-corrected chi connectivity index (χ4v) is 3.19. The normalized spacial score (nSPS) is 16.3. The van der Waals surface area contributed by atoms with Gasteiger partial charge in [-0.05, 0) is 36.8 Å². The summed E-state index contributed by atoms with van der Waals surface area (Å²) in [7, 11) is 3.90. The lowest BCUT2D eigenvalue weighted by Crippen LogP contribution is -2.27. The highest BCUT2D eigenvalue weighted by Gasteiger charge is 2.35. The smallest absolute Gasteiger partial charge is 0.255 e. The fourth-order valence-electron chi connectivity index (χ4n) is 3.19. The van der Waals surface area contributed by atoms with E-state index in [9.17, 15) is 10.1 Å². The minimum Gasteiger partial charge on any atom is -0.445 e. The van der Waals surface area contributed by atoms with E-state index in [1.807, 2.05) is 61.5 Å². The van der Waals surface area contributed by atoms with E-state index in [4.69, 9.17) is 10.5 Å². The Labute approximate surface area is 164 Å². The fraction of sp³-hybridized carbons (Fsp3) is 0.182. The molecule has 0 fully saturated rings. The number of hydrogen-bond acceptors (Lipinski definition) is 5. The first-order valence-electron chi connectivity index (χ1n) is 8.84. The summed E-state index contributed by atoms with van der Waals surface area (Å²) in [5.74, 6) is -0.520. The summed E-state index contributed by atoms with van der Waals surface area (Å²) in [5, 5.41) is 12.6. The van der Waals surface area contributed by atoms with Crippen molar-refractivity contribution in [1.29, 1.82) is 5.26 Å². The zero-order valence-electron chi connectivity index (χ0n) is 16.1. The molecule has 2 aromatic rings. The van der Waals surface area contributed by atoms with Gasteiger partial charge in [-0.25, -0.2) is 0 Å². The van der Waals surface area contributed by atoms with Gasteiger partial charge in [-0.1, -0.05) is 30.3 Å². The number of rotatable bonds is 4. The molecule has 0 aliphatic carbocycles. The van der Waals surface area contributed by atoms with E-state index < -0.39 is 5.92 Å². The lowest BCUT2D eigenvalue weighted by Gasteiger charge is -2.27. The standard InChI is InChI=1S/C22H22N4O2/c1-14-19(22(27)25-16-7-5-4-6-8-16)20(18(13-23)21(24)28-14)15-9-11-17(12-10-15)26(2)3/h4-12,20H,24H2,1-3H3,(H,25,27)/t20-/m0/s1. The van der Waals surface area contributed by atoms with Gasteiger partial charge in [0, 0.05) is 25.5 Å². The van der Waals surface area contributed by atoms with Gasteiger partial charge < -0.3 is 20.7 Å². The number of hydrogen-bond donors (Lipinski definition) is 2. The van der Waals surface area contributed by atoms with Crippen LogP contribution in [0.5, 0.6) is 0 Å². The van der Waals surface area contributed by atoms with E-state index >= 15 is 0 Å².